The SMILES string of the molecule is Cc1ccc(C2=C(CNC(N)=O)C(=O)N[C@@](c3ccc(OCCCC(F)(F)F)cc3)(C(F)(F)F)C2)nc1. The fourth-order valence-corrected chi connectivity index (χ4v) is 3.88. The Kier molecular flexibility index (Phi) is 8.03. The lowest BCUT2D eigenvalue weighted by Crippen LogP contribution is -2.59. The highest BCUT2D eigenvalue weighted by atomic mass is 19.4. The van der Waals surface area contributed by atoms with Gasteiger partial charge < -0.3 is 21.1 Å². The van der Waals surface area contributed by atoms with Crippen LogP contribution in [0.3, 0.4) is 0 Å². The van der Waals surface area contributed by atoms with Crippen LogP contribution in [-0.4, -0.2) is 42.4 Å². The summed E-state index contributed by atoms with van der Waals surface area (Å²) in [4.78, 5) is 28.4. The average Bonchev–Trinajstić information content (AvgIpc) is 2.80. The number of ether oxygens (including phenoxy) is 1. The van der Waals surface area contributed by atoms with Gasteiger partial charge in [-0.25, -0.2) is 4.79 Å². The lowest BCUT2D eigenvalue weighted by Gasteiger charge is -2.41. The maximum atomic E-state index is 14.6. The third-order valence-electron chi connectivity index (χ3n) is 5.77. The number of hydrogen-bond acceptors (Lipinski definition) is 4. The van der Waals surface area contributed by atoms with E-state index in [1.807, 2.05) is 0 Å². The zero-order valence-corrected chi connectivity index (χ0v) is 19.6. The van der Waals surface area contributed by atoms with Gasteiger partial charge in [0.25, 0.3) is 0 Å². The van der Waals surface area contributed by atoms with Crippen molar-refractivity contribution in [3.63, 3.8) is 0 Å². The summed E-state index contributed by atoms with van der Waals surface area (Å²) in [6, 6.07) is 6.73. The van der Waals surface area contributed by atoms with Crippen LogP contribution in [0.2, 0.25) is 0 Å². The van der Waals surface area contributed by atoms with Crippen molar-refractivity contribution in [1.29, 1.82) is 0 Å². The molecule has 1 aliphatic heterocycles. The highest BCUT2D eigenvalue weighted by Crippen LogP contribution is 2.48. The Morgan fingerprint density at radius 3 is 2.35 bits per heavy atom. The molecule has 0 unspecified atom stereocenters. The predicted molar refractivity (Wildman–Crippen MR) is 121 cm³/mol. The first-order chi connectivity index (χ1) is 17.2. The van der Waals surface area contributed by atoms with Crippen LogP contribution >= 0.6 is 0 Å². The van der Waals surface area contributed by atoms with Gasteiger partial charge in [-0.15, -0.1) is 0 Å². The predicted octanol–water partition coefficient (Wildman–Crippen LogP) is 4.51. The van der Waals surface area contributed by atoms with Crippen molar-refractivity contribution in [2.24, 2.45) is 5.73 Å². The Hall–Kier alpha value is -3.77. The highest BCUT2D eigenvalue weighted by Gasteiger charge is 2.59. The standard InChI is InChI=1S/C24H24F6N4O3/c1-14-3-8-19(32-12-14)17-11-22(24(28,29)30,34-20(35)18(17)13-33-21(31)36)15-4-6-16(7-5-15)37-10-2-9-23(25,26)27/h3-8,12H,2,9-11,13H2,1H3,(H,34,35)(H3,31,33,36)/t22-/m0/s1. The number of carbonyl (C=O) groups excluding carboxylic acids is 2. The maximum Gasteiger partial charge on any atom is 0.416 e. The average molecular weight is 530 g/mol. The zero-order chi connectivity index (χ0) is 27.4. The Balaban J connectivity index is 1.97. The van der Waals surface area contributed by atoms with Gasteiger partial charge in [0.1, 0.15) is 5.75 Å². The minimum absolute atomic E-state index is 0.0256. The van der Waals surface area contributed by atoms with E-state index in [1.165, 1.54) is 24.4 Å². The van der Waals surface area contributed by atoms with Crippen LogP contribution in [0.15, 0.2) is 48.2 Å². The largest absolute Gasteiger partial charge is 0.494 e. The summed E-state index contributed by atoms with van der Waals surface area (Å²) >= 11 is 0. The lowest BCUT2D eigenvalue weighted by atomic mass is 9.77. The molecule has 37 heavy (non-hydrogen) atoms. The minimum Gasteiger partial charge on any atom is -0.494 e. The maximum absolute atomic E-state index is 14.6. The molecular weight excluding hydrogens is 506 g/mol. The van der Waals surface area contributed by atoms with Gasteiger partial charge in [-0.1, -0.05) is 18.2 Å². The van der Waals surface area contributed by atoms with Gasteiger partial charge in [0.15, 0.2) is 5.54 Å². The van der Waals surface area contributed by atoms with Gasteiger partial charge in [0.05, 0.1) is 18.8 Å². The third-order valence-corrected chi connectivity index (χ3v) is 5.77. The number of aryl methyl sites for hydroxylation is 1. The number of rotatable bonds is 8. The van der Waals surface area contributed by atoms with E-state index in [0.717, 1.165) is 17.7 Å². The normalized spacial score (nSPS) is 18.4. The van der Waals surface area contributed by atoms with Crippen LogP contribution in [0, 0.1) is 6.92 Å². The number of alkyl halides is 6. The summed E-state index contributed by atoms with van der Waals surface area (Å²) in [5.41, 5.74) is 2.64. The molecule has 0 radical (unpaired) electrons. The number of hydrogen-bond donors (Lipinski definition) is 3. The summed E-state index contributed by atoms with van der Waals surface area (Å²) < 4.78 is 85.9. The second kappa shape index (κ2) is 10.7. The van der Waals surface area contributed by atoms with Crippen molar-refractivity contribution in [1.82, 2.24) is 15.6 Å². The van der Waals surface area contributed by atoms with E-state index in [1.54, 1.807) is 13.0 Å². The molecule has 4 N–H and O–H groups in total. The van der Waals surface area contributed by atoms with Crippen LogP contribution in [0.4, 0.5) is 31.1 Å². The molecule has 0 saturated heterocycles. The molecule has 3 amide bonds. The minimum atomic E-state index is -4.96. The van der Waals surface area contributed by atoms with Gasteiger partial charge in [-0.05, 0) is 48.2 Å². The molecule has 0 bridgehead atoms. The Bertz CT molecular complexity index is 1160. The Morgan fingerprint density at radius 1 is 1.14 bits per heavy atom. The molecule has 7 nitrogen and oxygen atoms in total. The second-order valence-electron chi connectivity index (χ2n) is 8.52. The summed E-state index contributed by atoms with van der Waals surface area (Å²) in [7, 11) is 0. The number of nitrogens with two attached hydrogens (primary N) is 1. The zero-order valence-electron chi connectivity index (χ0n) is 19.6. The number of nitrogens with zero attached hydrogens (tertiary/aromatic N) is 1. The first-order valence-corrected chi connectivity index (χ1v) is 11.1. The third kappa shape index (κ3) is 6.71. The van der Waals surface area contributed by atoms with Gasteiger partial charge in [-0.2, -0.15) is 26.3 Å². The van der Waals surface area contributed by atoms with E-state index in [4.69, 9.17) is 10.5 Å². The number of urea groups is 1. The van der Waals surface area contributed by atoms with Gasteiger partial charge in [-0.3, -0.25) is 9.78 Å². The monoisotopic (exact) mass is 530 g/mol. The van der Waals surface area contributed by atoms with E-state index in [0.29, 0.717) is 0 Å². The Labute approximate surface area is 208 Å². The smallest absolute Gasteiger partial charge is 0.416 e. The number of nitrogens with one attached hydrogen (secondary N) is 2. The van der Waals surface area contributed by atoms with Crippen LogP contribution < -0.4 is 21.1 Å². The van der Waals surface area contributed by atoms with Crippen LogP contribution in [0.1, 0.15) is 36.1 Å². The lowest BCUT2D eigenvalue weighted by molar-refractivity contribution is -0.201. The molecule has 200 valence electrons. The van der Waals surface area contributed by atoms with E-state index in [2.05, 4.69) is 15.6 Å². The van der Waals surface area contributed by atoms with E-state index in [-0.39, 0.29) is 41.2 Å². The quantitative estimate of drug-likeness (QED) is 0.345. The summed E-state index contributed by atoms with van der Waals surface area (Å²) in [5.74, 6) is -0.991. The molecule has 0 spiro atoms. The molecule has 0 fully saturated rings. The van der Waals surface area contributed by atoms with Crippen molar-refractivity contribution in [3.8, 4) is 5.75 Å². The molecule has 0 aliphatic carbocycles. The number of pyridine rings is 1. The fraction of sp³-hybridized carbons (Fsp3) is 0.375. The number of benzene rings is 1. The number of primary amides is 1. The van der Waals surface area contributed by atoms with E-state index < -0.39 is 49.2 Å². The molecular formula is C24H24F6N4O3. The summed E-state index contributed by atoms with van der Waals surface area (Å²) in [6.45, 7) is 1.05. The molecule has 2 aromatic rings. The van der Waals surface area contributed by atoms with Crippen molar-refractivity contribution < 1.29 is 40.7 Å². The molecule has 1 aromatic carbocycles. The highest BCUT2D eigenvalue weighted by molar-refractivity contribution is 6.04. The second-order valence-corrected chi connectivity index (χ2v) is 8.52. The van der Waals surface area contributed by atoms with E-state index in [9.17, 15) is 35.9 Å². The molecule has 1 atom stereocenters. The van der Waals surface area contributed by atoms with Gasteiger partial charge in [0, 0.05) is 24.6 Å². The van der Waals surface area contributed by atoms with Crippen LogP contribution in [0.5, 0.6) is 5.75 Å². The molecule has 1 aromatic heterocycles. The fourth-order valence-electron chi connectivity index (χ4n) is 3.88. The van der Waals surface area contributed by atoms with Crippen molar-refractivity contribution >= 4 is 17.5 Å². The summed E-state index contributed by atoms with van der Waals surface area (Å²) in [5, 5.41) is 4.28. The summed E-state index contributed by atoms with van der Waals surface area (Å²) in [6.07, 6.45) is -9.96. The van der Waals surface area contributed by atoms with Crippen molar-refractivity contribution in [3.05, 3.63) is 65.0 Å². The molecule has 3 rings (SSSR count). The van der Waals surface area contributed by atoms with Crippen LogP contribution in [0.25, 0.3) is 5.57 Å². The number of halogens is 6. The molecule has 13 heteroatoms. The molecule has 0 saturated carbocycles. The molecule has 2 heterocycles. The van der Waals surface area contributed by atoms with Crippen molar-refractivity contribution in [2.45, 2.75) is 44.1 Å². The molecule has 1 aliphatic rings. The van der Waals surface area contributed by atoms with Crippen LogP contribution in [-0.2, 0) is 10.3 Å². The Morgan fingerprint density at radius 2 is 1.81 bits per heavy atom. The van der Waals surface area contributed by atoms with Crippen molar-refractivity contribution in [2.75, 3.05) is 13.2 Å². The number of amides is 3. The van der Waals surface area contributed by atoms with E-state index >= 15 is 0 Å². The number of aromatic nitrogens is 1. The van der Waals surface area contributed by atoms with Gasteiger partial charge in [0.2, 0.25) is 5.91 Å². The number of carbonyl (C=O) groups is 2. The first kappa shape index (κ1) is 27.8. The van der Waals surface area contributed by atoms with Gasteiger partial charge >= 0.3 is 18.4 Å². The topological polar surface area (TPSA) is 106 Å². The first-order valence-electron chi connectivity index (χ1n) is 11.1.